The molecular weight excluding hydrogens is 332 g/mol. The van der Waals surface area contributed by atoms with E-state index >= 15 is 0 Å². The number of para-hydroxylation sites is 1. The third kappa shape index (κ3) is 2.68. The van der Waals surface area contributed by atoms with Crippen molar-refractivity contribution in [2.45, 2.75) is 9.79 Å². The number of hydrogen-bond acceptors (Lipinski definition) is 4. The Hall–Kier alpha value is -3.05. The Labute approximate surface area is 145 Å². The van der Waals surface area contributed by atoms with E-state index in [1.165, 1.54) is 6.20 Å². The first-order chi connectivity index (χ1) is 12.2. The fraction of sp³-hybridized carbons (Fsp3) is 0. The van der Waals surface area contributed by atoms with Crippen LogP contribution < -0.4 is 0 Å². The number of fused-ring (bicyclic) bond motifs is 1. The summed E-state index contributed by atoms with van der Waals surface area (Å²) >= 11 is 0. The largest absolute Gasteiger partial charge is 0.264 e. The van der Waals surface area contributed by atoms with Crippen LogP contribution in [0.1, 0.15) is 0 Å². The molecule has 25 heavy (non-hydrogen) atoms. The van der Waals surface area contributed by atoms with Crippen LogP contribution in [0.25, 0.3) is 22.0 Å². The summed E-state index contributed by atoms with van der Waals surface area (Å²) in [6.07, 6.45) is 4.77. The van der Waals surface area contributed by atoms with E-state index in [-0.39, 0.29) is 9.79 Å². The molecule has 122 valence electrons. The number of aromatic nitrogens is 2. The van der Waals surface area contributed by atoms with Crippen LogP contribution in [0.3, 0.4) is 0 Å². The van der Waals surface area contributed by atoms with Gasteiger partial charge in [-0.05, 0) is 24.3 Å². The summed E-state index contributed by atoms with van der Waals surface area (Å²) in [5, 5.41) is 0.785. The molecule has 0 aliphatic heterocycles. The molecule has 4 nitrogen and oxygen atoms in total. The zero-order valence-corrected chi connectivity index (χ0v) is 14.0. The number of pyridine rings is 2. The standard InChI is InChI=1S/C20H14N2O2S/c23-25(24,16-8-2-1-3-9-16)19-14-22-18-11-5-4-10-17(18)20(19)15-7-6-12-21-13-15/h1-14H. The highest BCUT2D eigenvalue weighted by Crippen LogP contribution is 2.35. The van der Waals surface area contributed by atoms with Crippen LogP contribution in [0.4, 0.5) is 0 Å². The summed E-state index contributed by atoms with van der Waals surface area (Å²) in [4.78, 5) is 8.94. The van der Waals surface area contributed by atoms with Crippen LogP contribution >= 0.6 is 0 Å². The molecule has 0 aliphatic carbocycles. The highest BCUT2D eigenvalue weighted by atomic mass is 32.2. The Morgan fingerprint density at radius 2 is 1.52 bits per heavy atom. The number of sulfone groups is 1. The van der Waals surface area contributed by atoms with Gasteiger partial charge in [0.05, 0.1) is 15.3 Å². The predicted octanol–water partition coefficient (Wildman–Crippen LogP) is 4.13. The Morgan fingerprint density at radius 1 is 0.760 bits per heavy atom. The molecule has 0 aliphatic rings. The summed E-state index contributed by atoms with van der Waals surface area (Å²) in [7, 11) is -3.70. The quantitative estimate of drug-likeness (QED) is 0.560. The van der Waals surface area contributed by atoms with Crippen molar-refractivity contribution in [1.82, 2.24) is 9.97 Å². The Morgan fingerprint density at radius 3 is 2.28 bits per heavy atom. The van der Waals surface area contributed by atoms with Gasteiger partial charge < -0.3 is 0 Å². The van der Waals surface area contributed by atoms with Crippen molar-refractivity contribution in [3.63, 3.8) is 0 Å². The zero-order valence-electron chi connectivity index (χ0n) is 13.2. The minimum atomic E-state index is -3.70. The zero-order chi connectivity index (χ0) is 17.3. The number of nitrogens with zero attached hydrogens (tertiary/aromatic N) is 2. The third-order valence-electron chi connectivity index (χ3n) is 4.03. The highest BCUT2D eigenvalue weighted by molar-refractivity contribution is 7.91. The summed E-state index contributed by atoms with van der Waals surface area (Å²) in [5.41, 5.74) is 2.12. The van der Waals surface area contributed by atoms with Crippen molar-refractivity contribution in [1.29, 1.82) is 0 Å². The second kappa shape index (κ2) is 6.11. The first-order valence-electron chi connectivity index (χ1n) is 7.76. The van der Waals surface area contributed by atoms with Crippen LogP contribution in [-0.4, -0.2) is 18.4 Å². The van der Waals surface area contributed by atoms with Gasteiger partial charge in [0.1, 0.15) is 0 Å². The SMILES string of the molecule is O=S(=O)(c1ccccc1)c1cnc2ccccc2c1-c1cccnc1. The Balaban J connectivity index is 2.09. The smallest absolute Gasteiger partial charge is 0.208 e. The highest BCUT2D eigenvalue weighted by Gasteiger charge is 2.24. The molecule has 0 unspecified atom stereocenters. The van der Waals surface area contributed by atoms with E-state index in [0.29, 0.717) is 5.56 Å². The Kier molecular flexibility index (Phi) is 3.78. The molecule has 0 saturated heterocycles. The average Bonchev–Trinajstić information content (AvgIpc) is 2.68. The van der Waals surface area contributed by atoms with Crippen molar-refractivity contribution in [2.75, 3.05) is 0 Å². The monoisotopic (exact) mass is 346 g/mol. The molecular formula is C20H14N2O2S. The summed E-state index contributed by atoms with van der Waals surface area (Å²) in [6.45, 7) is 0. The molecule has 0 fully saturated rings. The van der Waals surface area contributed by atoms with E-state index in [1.807, 2.05) is 30.3 Å². The van der Waals surface area contributed by atoms with Gasteiger partial charge in [-0.25, -0.2) is 8.42 Å². The molecule has 0 amide bonds. The summed E-state index contributed by atoms with van der Waals surface area (Å²) in [6, 6.07) is 19.6. The molecule has 5 heteroatoms. The lowest BCUT2D eigenvalue weighted by Gasteiger charge is -2.13. The minimum Gasteiger partial charge on any atom is -0.264 e. The van der Waals surface area contributed by atoms with Gasteiger partial charge in [0.2, 0.25) is 9.84 Å². The van der Waals surface area contributed by atoms with E-state index in [9.17, 15) is 8.42 Å². The van der Waals surface area contributed by atoms with E-state index in [0.717, 1.165) is 16.5 Å². The van der Waals surface area contributed by atoms with Crippen molar-refractivity contribution < 1.29 is 8.42 Å². The van der Waals surface area contributed by atoms with Crippen molar-refractivity contribution in [3.8, 4) is 11.1 Å². The molecule has 2 heterocycles. The maximum absolute atomic E-state index is 13.2. The van der Waals surface area contributed by atoms with Gasteiger partial charge in [0.15, 0.2) is 0 Å². The molecule has 0 saturated carbocycles. The lowest BCUT2D eigenvalue weighted by molar-refractivity contribution is 0.596. The average molecular weight is 346 g/mol. The third-order valence-corrected chi connectivity index (χ3v) is 5.82. The van der Waals surface area contributed by atoms with E-state index in [4.69, 9.17) is 0 Å². The van der Waals surface area contributed by atoms with Gasteiger partial charge in [0.25, 0.3) is 0 Å². The van der Waals surface area contributed by atoms with Gasteiger partial charge in [-0.15, -0.1) is 0 Å². The van der Waals surface area contributed by atoms with Gasteiger partial charge in [0, 0.05) is 35.1 Å². The summed E-state index contributed by atoms with van der Waals surface area (Å²) < 4.78 is 26.4. The number of rotatable bonds is 3. The number of benzene rings is 2. The van der Waals surface area contributed by atoms with Crippen LogP contribution in [0.2, 0.25) is 0 Å². The lowest BCUT2D eigenvalue weighted by atomic mass is 10.0. The van der Waals surface area contributed by atoms with Crippen molar-refractivity contribution in [2.24, 2.45) is 0 Å². The molecule has 4 rings (SSSR count). The van der Waals surface area contributed by atoms with E-state index < -0.39 is 9.84 Å². The normalized spacial score (nSPS) is 11.5. The van der Waals surface area contributed by atoms with E-state index in [1.54, 1.807) is 48.8 Å². The number of hydrogen-bond donors (Lipinski definition) is 0. The predicted molar refractivity (Wildman–Crippen MR) is 96.9 cm³/mol. The van der Waals surface area contributed by atoms with Gasteiger partial charge in [-0.3, -0.25) is 9.97 Å². The molecule has 0 N–H and O–H groups in total. The van der Waals surface area contributed by atoms with Crippen LogP contribution in [-0.2, 0) is 9.84 Å². The van der Waals surface area contributed by atoms with Crippen molar-refractivity contribution in [3.05, 3.63) is 85.3 Å². The first-order valence-corrected chi connectivity index (χ1v) is 9.24. The second-order valence-electron chi connectivity index (χ2n) is 5.57. The summed E-state index contributed by atoms with van der Waals surface area (Å²) in [5.74, 6) is 0. The lowest BCUT2D eigenvalue weighted by Crippen LogP contribution is -2.05. The van der Waals surface area contributed by atoms with Gasteiger partial charge in [-0.1, -0.05) is 42.5 Å². The van der Waals surface area contributed by atoms with Crippen molar-refractivity contribution >= 4 is 20.7 Å². The molecule has 4 aromatic rings. The minimum absolute atomic E-state index is 0.186. The maximum atomic E-state index is 13.2. The van der Waals surface area contributed by atoms with Crippen LogP contribution in [0.15, 0.2) is 95.1 Å². The molecule has 0 atom stereocenters. The molecule has 0 radical (unpaired) electrons. The van der Waals surface area contributed by atoms with Gasteiger partial charge >= 0.3 is 0 Å². The molecule has 0 bridgehead atoms. The van der Waals surface area contributed by atoms with Gasteiger partial charge in [-0.2, -0.15) is 0 Å². The maximum Gasteiger partial charge on any atom is 0.208 e. The molecule has 2 aromatic carbocycles. The topological polar surface area (TPSA) is 59.9 Å². The van der Waals surface area contributed by atoms with E-state index in [2.05, 4.69) is 9.97 Å². The first kappa shape index (κ1) is 15.5. The second-order valence-corrected chi connectivity index (χ2v) is 7.49. The van der Waals surface area contributed by atoms with Crippen LogP contribution in [0, 0.1) is 0 Å². The van der Waals surface area contributed by atoms with Crippen LogP contribution in [0.5, 0.6) is 0 Å². The molecule has 0 spiro atoms. The molecule has 2 aromatic heterocycles. The Bertz CT molecular complexity index is 1140. The fourth-order valence-electron chi connectivity index (χ4n) is 2.86. The fourth-order valence-corrected chi connectivity index (χ4v) is 4.32.